The van der Waals surface area contributed by atoms with Gasteiger partial charge in [-0.05, 0) is 19.8 Å². The quantitative estimate of drug-likeness (QED) is 0.732. The molecule has 2 N–H and O–H groups in total. The van der Waals surface area contributed by atoms with Gasteiger partial charge in [-0.25, -0.2) is 0 Å². The van der Waals surface area contributed by atoms with Crippen molar-refractivity contribution in [1.29, 1.82) is 0 Å². The topological polar surface area (TPSA) is 44.4 Å². The first-order chi connectivity index (χ1) is 7.50. The fraction of sp³-hybridized carbons (Fsp3) is 0.917. The molecule has 0 spiro atoms. The highest BCUT2D eigenvalue weighted by Crippen LogP contribution is 2.04. The number of amides is 1. The Labute approximate surface area is 98.8 Å². The Kier molecular flexibility index (Phi) is 5.22. The van der Waals surface area contributed by atoms with Gasteiger partial charge in [0.15, 0.2) is 0 Å². The smallest absolute Gasteiger partial charge is 0.237 e. The molecule has 1 fully saturated rings. The minimum Gasteiger partial charge on any atom is -0.354 e. The van der Waals surface area contributed by atoms with Crippen LogP contribution in [0.25, 0.3) is 0 Å². The molecule has 1 heterocycles. The van der Waals surface area contributed by atoms with Crippen molar-refractivity contribution in [2.45, 2.75) is 39.8 Å². The first-order valence-electron chi connectivity index (χ1n) is 6.26. The molecule has 2 atom stereocenters. The maximum atomic E-state index is 11.9. The van der Waals surface area contributed by atoms with Gasteiger partial charge in [-0.2, -0.15) is 0 Å². The third-order valence-corrected chi connectivity index (χ3v) is 3.01. The summed E-state index contributed by atoms with van der Waals surface area (Å²) in [5, 5.41) is 6.38. The number of hydrogen-bond donors (Lipinski definition) is 2. The molecule has 1 rings (SSSR count). The van der Waals surface area contributed by atoms with Crippen molar-refractivity contribution >= 4 is 5.91 Å². The van der Waals surface area contributed by atoms with E-state index in [1.165, 1.54) is 0 Å². The zero-order valence-corrected chi connectivity index (χ0v) is 10.9. The van der Waals surface area contributed by atoms with Gasteiger partial charge in [0, 0.05) is 32.2 Å². The summed E-state index contributed by atoms with van der Waals surface area (Å²) in [5.41, 5.74) is 0. The molecule has 1 amide bonds. The third-order valence-electron chi connectivity index (χ3n) is 3.01. The standard InChI is InChI=1S/C12H25N3O/c1-9(2)7-14-12(16)11(4)15-6-5-13-10(3)8-15/h9-11,13H,5-8H2,1-4H3,(H,14,16). The molecule has 4 nitrogen and oxygen atoms in total. The summed E-state index contributed by atoms with van der Waals surface area (Å²) in [4.78, 5) is 14.1. The molecule has 0 aromatic rings. The largest absolute Gasteiger partial charge is 0.354 e. The molecule has 4 heteroatoms. The van der Waals surface area contributed by atoms with Crippen LogP contribution in [-0.2, 0) is 4.79 Å². The normalized spacial score (nSPS) is 24.4. The predicted molar refractivity (Wildman–Crippen MR) is 66.3 cm³/mol. The Bertz CT molecular complexity index is 230. The van der Waals surface area contributed by atoms with Crippen molar-refractivity contribution < 1.29 is 4.79 Å². The lowest BCUT2D eigenvalue weighted by molar-refractivity contribution is -0.126. The summed E-state index contributed by atoms with van der Waals surface area (Å²) in [6.45, 7) is 12.0. The summed E-state index contributed by atoms with van der Waals surface area (Å²) in [6.07, 6.45) is 0. The molecule has 0 radical (unpaired) electrons. The molecular formula is C12H25N3O. The van der Waals surface area contributed by atoms with Crippen LogP contribution in [0.4, 0.5) is 0 Å². The van der Waals surface area contributed by atoms with Crippen LogP contribution in [0, 0.1) is 5.92 Å². The second-order valence-electron chi connectivity index (χ2n) is 5.17. The molecule has 0 saturated carbocycles. The monoisotopic (exact) mass is 227 g/mol. The van der Waals surface area contributed by atoms with E-state index >= 15 is 0 Å². The molecule has 0 aliphatic carbocycles. The van der Waals surface area contributed by atoms with Crippen LogP contribution in [-0.4, -0.2) is 49.1 Å². The van der Waals surface area contributed by atoms with Crippen LogP contribution in [0.5, 0.6) is 0 Å². The molecule has 0 aromatic carbocycles. The fourth-order valence-corrected chi connectivity index (χ4v) is 1.93. The van der Waals surface area contributed by atoms with E-state index in [1.54, 1.807) is 0 Å². The molecule has 1 aliphatic heterocycles. The number of piperazine rings is 1. The Morgan fingerprint density at radius 1 is 1.50 bits per heavy atom. The lowest BCUT2D eigenvalue weighted by Crippen LogP contribution is -2.56. The molecule has 1 aliphatic rings. The first-order valence-corrected chi connectivity index (χ1v) is 6.26. The van der Waals surface area contributed by atoms with E-state index in [1.807, 2.05) is 6.92 Å². The fourth-order valence-electron chi connectivity index (χ4n) is 1.93. The predicted octanol–water partition coefficient (Wildman–Crippen LogP) is 0.441. The summed E-state index contributed by atoms with van der Waals surface area (Å²) >= 11 is 0. The van der Waals surface area contributed by atoms with Gasteiger partial charge in [-0.3, -0.25) is 9.69 Å². The molecular weight excluding hydrogens is 202 g/mol. The Hall–Kier alpha value is -0.610. The van der Waals surface area contributed by atoms with Gasteiger partial charge < -0.3 is 10.6 Å². The molecule has 0 bridgehead atoms. The van der Waals surface area contributed by atoms with E-state index in [2.05, 4.69) is 36.3 Å². The van der Waals surface area contributed by atoms with Crippen molar-refractivity contribution in [2.24, 2.45) is 5.92 Å². The minimum atomic E-state index is -0.0108. The number of hydrogen-bond acceptors (Lipinski definition) is 3. The lowest BCUT2D eigenvalue weighted by atomic mass is 10.1. The van der Waals surface area contributed by atoms with E-state index in [0.717, 1.165) is 26.2 Å². The Morgan fingerprint density at radius 2 is 2.19 bits per heavy atom. The van der Waals surface area contributed by atoms with Crippen LogP contribution in [0.1, 0.15) is 27.7 Å². The zero-order chi connectivity index (χ0) is 12.1. The molecule has 2 unspecified atom stereocenters. The lowest BCUT2D eigenvalue weighted by Gasteiger charge is -2.35. The summed E-state index contributed by atoms with van der Waals surface area (Å²) in [5.74, 6) is 0.667. The SMILES string of the molecule is CC(C)CNC(=O)C(C)N1CCNC(C)C1. The Balaban J connectivity index is 2.37. The minimum absolute atomic E-state index is 0.0108. The van der Waals surface area contributed by atoms with Gasteiger partial charge in [0.05, 0.1) is 6.04 Å². The third kappa shape index (κ3) is 4.10. The van der Waals surface area contributed by atoms with Crippen molar-refractivity contribution in [2.75, 3.05) is 26.2 Å². The number of carbonyl (C=O) groups is 1. The van der Waals surface area contributed by atoms with E-state index in [0.29, 0.717) is 12.0 Å². The first kappa shape index (κ1) is 13.5. The summed E-state index contributed by atoms with van der Waals surface area (Å²) in [7, 11) is 0. The van der Waals surface area contributed by atoms with E-state index < -0.39 is 0 Å². The van der Waals surface area contributed by atoms with E-state index in [4.69, 9.17) is 0 Å². The van der Waals surface area contributed by atoms with Crippen molar-refractivity contribution in [3.05, 3.63) is 0 Å². The van der Waals surface area contributed by atoms with Crippen LogP contribution in [0.15, 0.2) is 0 Å². The van der Waals surface area contributed by atoms with Crippen molar-refractivity contribution in [3.8, 4) is 0 Å². The second kappa shape index (κ2) is 6.21. The van der Waals surface area contributed by atoms with Gasteiger partial charge >= 0.3 is 0 Å². The van der Waals surface area contributed by atoms with Gasteiger partial charge in [0.25, 0.3) is 0 Å². The maximum absolute atomic E-state index is 11.9. The zero-order valence-electron chi connectivity index (χ0n) is 10.9. The van der Waals surface area contributed by atoms with Crippen LogP contribution in [0.2, 0.25) is 0 Å². The highest BCUT2D eigenvalue weighted by molar-refractivity contribution is 5.81. The second-order valence-corrected chi connectivity index (χ2v) is 5.17. The molecule has 1 saturated heterocycles. The highest BCUT2D eigenvalue weighted by atomic mass is 16.2. The average molecular weight is 227 g/mol. The van der Waals surface area contributed by atoms with E-state index in [-0.39, 0.29) is 11.9 Å². The highest BCUT2D eigenvalue weighted by Gasteiger charge is 2.24. The van der Waals surface area contributed by atoms with Gasteiger partial charge in [0.2, 0.25) is 5.91 Å². The summed E-state index contributed by atoms with van der Waals surface area (Å²) < 4.78 is 0. The Morgan fingerprint density at radius 3 is 2.75 bits per heavy atom. The number of carbonyl (C=O) groups excluding carboxylic acids is 1. The van der Waals surface area contributed by atoms with Gasteiger partial charge in [-0.1, -0.05) is 13.8 Å². The maximum Gasteiger partial charge on any atom is 0.237 e. The molecule has 0 aromatic heterocycles. The van der Waals surface area contributed by atoms with E-state index in [9.17, 15) is 4.79 Å². The van der Waals surface area contributed by atoms with Crippen LogP contribution in [0.3, 0.4) is 0 Å². The molecule has 94 valence electrons. The number of nitrogens with zero attached hydrogens (tertiary/aromatic N) is 1. The van der Waals surface area contributed by atoms with Gasteiger partial charge in [0.1, 0.15) is 0 Å². The van der Waals surface area contributed by atoms with Crippen molar-refractivity contribution in [3.63, 3.8) is 0 Å². The molecule has 16 heavy (non-hydrogen) atoms. The van der Waals surface area contributed by atoms with Crippen molar-refractivity contribution in [1.82, 2.24) is 15.5 Å². The van der Waals surface area contributed by atoms with Crippen LogP contribution >= 0.6 is 0 Å². The average Bonchev–Trinajstić information content (AvgIpc) is 2.24. The summed E-state index contributed by atoms with van der Waals surface area (Å²) in [6, 6.07) is 0.470. The number of rotatable bonds is 4. The number of nitrogens with one attached hydrogen (secondary N) is 2. The van der Waals surface area contributed by atoms with Gasteiger partial charge in [-0.15, -0.1) is 0 Å². The van der Waals surface area contributed by atoms with Crippen LogP contribution < -0.4 is 10.6 Å².